The summed E-state index contributed by atoms with van der Waals surface area (Å²) in [5.41, 5.74) is 1.64. The van der Waals surface area contributed by atoms with Crippen LogP contribution >= 0.6 is 22.6 Å². The van der Waals surface area contributed by atoms with Crippen LogP contribution in [0.25, 0.3) is 0 Å². The van der Waals surface area contributed by atoms with Crippen LogP contribution in [0.2, 0.25) is 0 Å². The molecule has 0 atom stereocenters. The molecule has 0 heterocycles. The van der Waals surface area contributed by atoms with Gasteiger partial charge in [-0.15, -0.1) is 0 Å². The van der Waals surface area contributed by atoms with Gasteiger partial charge in [0.1, 0.15) is 5.75 Å². The van der Waals surface area contributed by atoms with Crippen LogP contribution in [-0.2, 0) is 4.79 Å². The number of methoxy groups -OCH3 is 1. The van der Waals surface area contributed by atoms with Crippen LogP contribution in [0, 0.1) is 3.57 Å². The molecule has 0 radical (unpaired) electrons. The van der Waals surface area contributed by atoms with Crippen molar-refractivity contribution in [2.45, 2.75) is 0 Å². The Balaban J connectivity index is 1.87. The average molecular weight is 382 g/mol. The van der Waals surface area contributed by atoms with E-state index in [9.17, 15) is 4.79 Å². The van der Waals surface area contributed by atoms with Crippen molar-refractivity contribution < 1.29 is 9.53 Å². The van der Waals surface area contributed by atoms with Gasteiger partial charge in [0.25, 0.3) is 0 Å². The summed E-state index contributed by atoms with van der Waals surface area (Å²) in [7, 11) is 1.60. The SMILES string of the molecule is COc1cccc(NC(=O)CNc2ccc(I)cc2)c1. The van der Waals surface area contributed by atoms with Crippen LogP contribution in [0.4, 0.5) is 11.4 Å². The van der Waals surface area contributed by atoms with E-state index >= 15 is 0 Å². The van der Waals surface area contributed by atoms with Crippen molar-refractivity contribution in [2.75, 3.05) is 24.3 Å². The van der Waals surface area contributed by atoms with E-state index in [1.165, 1.54) is 0 Å². The van der Waals surface area contributed by atoms with E-state index in [1.807, 2.05) is 42.5 Å². The quantitative estimate of drug-likeness (QED) is 0.780. The van der Waals surface area contributed by atoms with Gasteiger partial charge in [0.2, 0.25) is 5.91 Å². The minimum atomic E-state index is -0.100. The van der Waals surface area contributed by atoms with E-state index in [-0.39, 0.29) is 12.5 Å². The van der Waals surface area contributed by atoms with Crippen LogP contribution in [0.15, 0.2) is 48.5 Å². The first-order chi connectivity index (χ1) is 9.67. The Hall–Kier alpha value is -1.76. The van der Waals surface area contributed by atoms with Gasteiger partial charge in [0, 0.05) is 21.0 Å². The van der Waals surface area contributed by atoms with Crippen LogP contribution in [0.3, 0.4) is 0 Å². The van der Waals surface area contributed by atoms with E-state index in [0.29, 0.717) is 5.75 Å². The number of carbonyl (C=O) groups is 1. The largest absolute Gasteiger partial charge is 0.497 e. The monoisotopic (exact) mass is 382 g/mol. The first-order valence-corrected chi connectivity index (χ1v) is 7.18. The Morgan fingerprint density at radius 3 is 2.60 bits per heavy atom. The number of ether oxygens (including phenoxy) is 1. The normalized spacial score (nSPS) is 9.90. The predicted octanol–water partition coefficient (Wildman–Crippen LogP) is 3.35. The van der Waals surface area contributed by atoms with Crippen molar-refractivity contribution in [3.05, 3.63) is 52.1 Å². The molecule has 104 valence electrons. The highest BCUT2D eigenvalue weighted by Gasteiger charge is 2.03. The number of hydrogen-bond acceptors (Lipinski definition) is 3. The fourth-order valence-electron chi connectivity index (χ4n) is 1.66. The van der Waals surface area contributed by atoms with Crippen molar-refractivity contribution >= 4 is 39.9 Å². The fourth-order valence-corrected chi connectivity index (χ4v) is 2.02. The van der Waals surface area contributed by atoms with E-state index in [0.717, 1.165) is 14.9 Å². The lowest BCUT2D eigenvalue weighted by Crippen LogP contribution is -2.21. The molecule has 0 aliphatic carbocycles. The smallest absolute Gasteiger partial charge is 0.243 e. The van der Waals surface area contributed by atoms with Crippen LogP contribution in [0.1, 0.15) is 0 Å². The second-order valence-electron chi connectivity index (χ2n) is 4.14. The minimum absolute atomic E-state index is 0.100. The van der Waals surface area contributed by atoms with E-state index in [4.69, 9.17) is 4.74 Å². The van der Waals surface area contributed by atoms with Gasteiger partial charge in [-0.2, -0.15) is 0 Å². The number of anilines is 2. The zero-order chi connectivity index (χ0) is 14.4. The summed E-state index contributed by atoms with van der Waals surface area (Å²) in [6.45, 7) is 0.220. The highest BCUT2D eigenvalue weighted by molar-refractivity contribution is 14.1. The third kappa shape index (κ3) is 4.41. The maximum Gasteiger partial charge on any atom is 0.243 e. The molecule has 2 rings (SSSR count). The van der Waals surface area contributed by atoms with Gasteiger partial charge in [-0.3, -0.25) is 4.79 Å². The number of rotatable bonds is 5. The molecule has 2 aromatic carbocycles. The van der Waals surface area contributed by atoms with Gasteiger partial charge in [-0.05, 0) is 59.0 Å². The highest BCUT2D eigenvalue weighted by Crippen LogP contribution is 2.16. The van der Waals surface area contributed by atoms with E-state index in [1.54, 1.807) is 13.2 Å². The molecule has 1 amide bonds. The molecule has 5 heteroatoms. The van der Waals surface area contributed by atoms with Crippen LogP contribution in [0.5, 0.6) is 5.75 Å². The van der Waals surface area contributed by atoms with Crippen molar-refractivity contribution in [1.82, 2.24) is 0 Å². The molecule has 0 unspecified atom stereocenters. The Bertz CT molecular complexity index is 585. The van der Waals surface area contributed by atoms with Crippen molar-refractivity contribution in [3.8, 4) is 5.75 Å². The van der Waals surface area contributed by atoms with Crippen LogP contribution < -0.4 is 15.4 Å². The van der Waals surface area contributed by atoms with Crippen molar-refractivity contribution in [2.24, 2.45) is 0 Å². The summed E-state index contributed by atoms with van der Waals surface area (Å²) in [6.07, 6.45) is 0. The Kier molecular flexibility index (Phi) is 5.23. The predicted molar refractivity (Wildman–Crippen MR) is 89.3 cm³/mol. The zero-order valence-corrected chi connectivity index (χ0v) is 13.2. The summed E-state index contributed by atoms with van der Waals surface area (Å²) in [5.74, 6) is 0.616. The first-order valence-electron chi connectivity index (χ1n) is 6.11. The number of carbonyl (C=O) groups excluding carboxylic acids is 1. The highest BCUT2D eigenvalue weighted by atomic mass is 127. The third-order valence-electron chi connectivity index (χ3n) is 2.65. The summed E-state index contributed by atoms with van der Waals surface area (Å²) in [4.78, 5) is 11.8. The lowest BCUT2D eigenvalue weighted by atomic mass is 10.3. The molecule has 0 saturated heterocycles. The number of amides is 1. The summed E-state index contributed by atoms with van der Waals surface area (Å²) in [5, 5.41) is 5.89. The molecule has 0 aliphatic heterocycles. The van der Waals surface area contributed by atoms with E-state index in [2.05, 4.69) is 33.2 Å². The molecule has 0 aliphatic rings. The second kappa shape index (κ2) is 7.14. The molecule has 0 spiro atoms. The third-order valence-corrected chi connectivity index (χ3v) is 3.37. The van der Waals surface area contributed by atoms with E-state index < -0.39 is 0 Å². The molecule has 2 N–H and O–H groups in total. The Morgan fingerprint density at radius 1 is 1.15 bits per heavy atom. The second-order valence-corrected chi connectivity index (χ2v) is 5.39. The first kappa shape index (κ1) is 14.6. The van der Waals surface area contributed by atoms with Gasteiger partial charge in [-0.1, -0.05) is 6.07 Å². The molecule has 20 heavy (non-hydrogen) atoms. The number of nitrogens with one attached hydrogen (secondary N) is 2. The van der Waals surface area contributed by atoms with Gasteiger partial charge >= 0.3 is 0 Å². The molecule has 0 aromatic heterocycles. The van der Waals surface area contributed by atoms with Crippen molar-refractivity contribution in [1.29, 1.82) is 0 Å². The molecule has 4 nitrogen and oxygen atoms in total. The van der Waals surface area contributed by atoms with Crippen LogP contribution in [-0.4, -0.2) is 19.6 Å². The number of halogens is 1. The minimum Gasteiger partial charge on any atom is -0.497 e. The zero-order valence-electron chi connectivity index (χ0n) is 11.0. The topological polar surface area (TPSA) is 50.4 Å². The number of hydrogen-bond donors (Lipinski definition) is 2. The standard InChI is InChI=1S/C15H15IN2O2/c1-20-14-4-2-3-13(9-14)18-15(19)10-17-12-7-5-11(16)6-8-12/h2-9,17H,10H2,1H3,(H,18,19). The maximum absolute atomic E-state index is 11.8. The Morgan fingerprint density at radius 2 is 1.90 bits per heavy atom. The summed E-state index contributed by atoms with van der Waals surface area (Å²) >= 11 is 2.24. The average Bonchev–Trinajstić information content (AvgIpc) is 2.47. The maximum atomic E-state index is 11.8. The summed E-state index contributed by atoms with van der Waals surface area (Å²) in [6, 6.07) is 15.1. The molecule has 0 saturated carbocycles. The lowest BCUT2D eigenvalue weighted by Gasteiger charge is -2.09. The molecule has 0 bridgehead atoms. The summed E-state index contributed by atoms with van der Waals surface area (Å²) < 4.78 is 6.27. The van der Waals surface area contributed by atoms with Gasteiger partial charge in [-0.25, -0.2) is 0 Å². The van der Waals surface area contributed by atoms with Gasteiger partial charge in [0.05, 0.1) is 13.7 Å². The number of benzene rings is 2. The molecular weight excluding hydrogens is 367 g/mol. The molecule has 0 fully saturated rings. The fraction of sp³-hybridized carbons (Fsp3) is 0.133. The van der Waals surface area contributed by atoms with Crippen molar-refractivity contribution in [3.63, 3.8) is 0 Å². The van der Waals surface area contributed by atoms with Gasteiger partial charge in [0.15, 0.2) is 0 Å². The lowest BCUT2D eigenvalue weighted by molar-refractivity contribution is -0.114. The molecule has 2 aromatic rings. The van der Waals surface area contributed by atoms with Gasteiger partial charge < -0.3 is 15.4 Å². The Labute approximate surface area is 131 Å². The molecular formula is C15H15IN2O2.